The maximum absolute atomic E-state index is 12.9. The number of aromatic nitrogens is 3. The summed E-state index contributed by atoms with van der Waals surface area (Å²) in [6.07, 6.45) is 2.34. The lowest BCUT2D eigenvalue weighted by molar-refractivity contribution is 0.288. The Bertz CT molecular complexity index is 850. The largest absolute Gasteiger partial charge is 0.486 e. The van der Waals surface area contributed by atoms with Gasteiger partial charge in [0.05, 0.1) is 11.5 Å². The molecule has 134 valence electrons. The van der Waals surface area contributed by atoms with Crippen LogP contribution in [0.5, 0.6) is 5.75 Å². The standard InChI is InChI=1S/C16H18FN3O3S2/c1-2-8-20-15(10-23-13-5-3-12(17)4-6-13)18-19-16(20)24-14-7-9-25(21,22)11-14/h2-6,14H,1,7-11H2. The first-order valence-electron chi connectivity index (χ1n) is 7.75. The fourth-order valence-electron chi connectivity index (χ4n) is 2.51. The minimum Gasteiger partial charge on any atom is -0.486 e. The maximum Gasteiger partial charge on any atom is 0.191 e. The van der Waals surface area contributed by atoms with Crippen LogP contribution < -0.4 is 4.74 Å². The molecule has 2 heterocycles. The second-order valence-electron chi connectivity index (χ2n) is 5.68. The van der Waals surface area contributed by atoms with Crippen molar-refractivity contribution in [3.63, 3.8) is 0 Å². The first-order chi connectivity index (χ1) is 12.0. The second-order valence-corrected chi connectivity index (χ2v) is 9.18. The highest BCUT2D eigenvalue weighted by Gasteiger charge is 2.30. The molecule has 1 atom stereocenters. The molecule has 25 heavy (non-hydrogen) atoms. The number of sulfone groups is 1. The van der Waals surface area contributed by atoms with E-state index in [4.69, 9.17) is 4.74 Å². The van der Waals surface area contributed by atoms with Gasteiger partial charge < -0.3 is 4.74 Å². The van der Waals surface area contributed by atoms with Crippen LogP contribution in [-0.2, 0) is 23.0 Å². The second kappa shape index (κ2) is 7.57. The van der Waals surface area contributed by atoms with Crippen molar-refractivity contribution in [1.29, 1.82) is 0 Å². The normalized spacial score (nSPS) is 19.0. The number of rotatable bonds is 7. The first-order valence-corrected chi connectivity index (χ1v) is 10.5. The number of nitrogens with zero attached hydrogens (tertiary/aromatic N) is 3. The minimum atomic E-state index is -2.94. The van der Waals surface area contributed by atoms with E-state index in [2.05, 4.69) is 16.8 Å². The van der Waals surface area contributed by atoms with Crippen molar-refractivity contribution in [2.45, 2.75) is 30.0 Å². The van der Waals surface area contributed by atoms with Gasteiger partial charge >= 0.3 is 0 Å². The molecule has 0 radical (unpaired) electrons. The van der Waals surface area contributed by atoms with Crippen LogP contribution in [-0.4, -0.2) is 39.9 Å². The zero-order valence-corrected chi connectivity index (χ0v) is 15.1. The third-order valence-corrected chi connectivity index (χ3v) is 6.98. The average Bonchev–Trinajstić information content (AvgIpc) is 3.11. The van der Waals surface area contributed by atoms with Crippen molar-refractivity contribution >= 4 is 21.6 Å². The summed E-state index contributed by atoms with van der Waals surface area (Å²) in [6, 6.07) is 5.74. The van der Waals surface area contributed by atoms with E-state index in [1.54, 1.807) is 18.2 Å². The van der Waals surface area contributed by atoms with Gasteiger partial charge in [-0.15, -0.1) is 16.8 Å². The van der Waals surface area contributed by atoms with Gasteiger partial charge in [-0.1, -0.05) is 17.8 Å². The Hall–Kier alpha value is -1.87. The summed E-state index contributed by atoms with van der Waals surface area (Å²) in [6.45, 7) is 4.41. The van der Waals surface area contributed by atoms with Crippen molar-refractivity contribution in [1.82, 2.24) is 14.8 Å². The lowest BCUT2D eigenvalue weighted by atomic mass is 10.3. The summed E-state index contributed by atoms with van der Waals surface area (Å²) in [5.74, 6) is 1.20. The molecule has 1 aliphatic heterocycles. The predicted molar refractivity (Wildman–Crippen MR) is 93.9 cm³/mol. The van der Waals surface area contributed by atoms with Gasteiger partial charge in [0.1, 0.15) is 18.2 Å². The Morgan fingerprint density at radius 1 is 1.36 bits per heavy atom. The zero-order chi connectivity index (χ0) is 17.9. The Balaban J connectivity index is 1.70. The lowest BCUT2D eigenvalue weighted by Gasteiger charge is -2.11. The monoisotopic (exact) mass is 383 g/mol. The van der Waals surface area contributed by atoms with Crippen molar-refractivity contribution in [2.24, 2.45) is 0 Å². The molecule has 1 saturated heterocycles. The van der Waals surface area contributed by atoms with Gasteiger partial charge in [0.2, 0.25) is 0 Å². The number of hydrogen-bond acceptors (Lipinski definition) is 6. The highest BCUT2D eigenvalue weighted by atomic mass is 32.2. The van der Waals surface area contributed by atoms with Crippen LogP contribution in [0.15, 0.2) is 42.1 Å². The van der Waals surface area contributed by atoms with Gasteiger partial charge in [0, 0.05) is 11.8 Å². The third-order valence-electron chi connectivity index (χ3n) is 3.75. The molecule has 3 rings (SSSR count). The number of ether oxygens (including phenoxy) is 1. The molecule has 1 aromatic carbocycles. The van der Waals surface area contributed by atoms with Gasteiger partial charge in [-0.05, 0) is 30.7 Å². The van der Waals surface area contributed by atoms with Gasteiger partial charge in [-0.25, -0.2) is 12.8 Å². The summed E-state index contributed by atoms with van der Waals surface area (Å²) in [5, 5.41) is 8.95. The van der Waals surface area contributed by atoms with Gasteiger partial charge in [0.15, 0.2) is 20.8 Å². The Kier molecular flexibility index (Phi) is 5.43. The molecule has 6 nitrogen and oxygen atoms in total. The Labute approximate surface area is 150 Å². The lowest BCUT2D eigenvalue weighted by Crippen LogP contribution is -2.10. The molecule has 1 aliphatic rings. The summed E-state index contributed by atoms with van der Waals surface area (Å²) in [5.41, 5.74) is 0. The van der Waals surface area contributed by atoms with Crippen LogP contribution in [0.1, 0.15) is 12.2 Å². The quantitative estimate of drug-likeness (QED) is 0.684. The van der Waals surface area contributed by atoms with Crippen LogP contribution in [0.3, 0.4) is 0 Å². The van der Waals surface area contributed by atoms with Crippen molar-refractivity contribution in [3.05, 3.63) is 48.6 Å². The highest BCUT2D eigenvalue weighted by molar-refractivity contribution is 8.01. The molecule has 0 aliphatic carbocycles. The van der Waals surface area contributed by atoms with Gasteiger partial charge in [-0.2, -0.15) is 0 Å². The number of thioether (sulfide) groups is 1. The van der Waals surface area contributed by atoms with E-state index >= 15 is 0 Å². The first kappa shape index (κ1) is 17.9. The van der Waals surface area contributed by atoms with E-state index in [1.165, 1.54) is 23.9 Å². The van der Waals surface area contributed by atoms with E-state index in [0.29, 0.717) is 29.7 Å². The number of allylic oxidation sites excluding steroid dienone is 1. The number of hydrogen-bond donors (Lipinski definition) is 0. The van der Waals surface area contributed by atoms with Gasteiger partial charge in [0.25, 0.3) is 0 Å². The number of halogens is 1. The number of benzene rings is 1. The summed E-state index contributed by atoms with van der Waals surface area (Å²) in [7, 11) is -2.94. The van der Waals surface area contributed by atoms with E-state index in [-0.39, 0.29) is 29.2 Å². The molecule has 0 N–H and O–H groups in total. The predicted octanol–water partition coefficient (Wildman–Crippen LogP) is 2.46. The maximum atomic E-state index is 12.9. The Morgan fingerprint density at radius 3 is 2.76 bits per heavy atom. The van der Waals surface area contributed by atoms with E-state index in [9.17, 15) is 12.8 Å². The van der Waals surface area contributed by atoms with Crippen molar-refractivity contribution in [3.8, 4) is 5.75 Å². The van der Waals surface area contributed by atoms with Crippen LogP contribution in [0.4, 0.5) is 4.39 Å². The smallest absolute Gasteiger partial charge is 0.191 e. The summed E-state index contributed by atoms with van der Waals surface area (Å²) < 4.78 is 43.6. The molecule has 1 fully saturated rings. The van der Waals surface area contributed by atoms with Crippen LogP contribution in [0.25, 0.3) is 0 Å². The molecular weight excluding hydrogens is 365 g/mol. The van der Waals surface area contributed by atoms with Crippen molar-refractivity contribution < 1.29 is 17.5 Å². The SMILES string of the molecule is C=CCn1c(COc2ccc(F)cc2)nnc1SC1CCS(=O)(=O)C1. The molecule has 1 aromatic heterocycles. The van der Waals surface area contributed by atoms with E-state index in [0.717, 1.165) is 0 Å². The fourth-order valence-corrected chi connectivity index (χ4v) is 6.02. The molecule has 2 aromatic rings. The molecule has 1 unspecified atom stereocenters. The zero-order valence-electron chi connectivity index (χ0n) is 13.5. The average molecular weight is 383 g/mol. The minimum absolute atomic E-state index is 0.0105. The Morgan fingerprint density at radius 2 is 2.12 bits per heavy atom. The van der Waals surface area contributed by atoms with Crippen LogP contribution in [0.2, 0.25) is 0 Å². The summed E-state index contributed by atoms with van der Waals surface area (Å²) in [4.78, 5) is 0. The molecule has 0 bridgehead atoms. The van der Waals surface area contributed by atoms with E-state index in [1.807, 2.05) is 4.57 Å². The van der Waals surface area contributed by atoms with Crippen LogP contribution in [0, 0.1) is 5.82 Å². The molecule has 0 saturated carbocycles. The fraction of sp³-hybridized carbons (Fsp3) is 0.375. The van der Waals surface area contributed by atoms with Gasteiger partial charge in [-0.3, -0.25) is 4.57 Å². The van der Waals surface area contributed by atoms with Crippen LogP contribution >= 0.6 is 11.8 Å². The molecule has 0 spiro atoms. The third kappa shape index (κ3) is 4.60. The van der Waals surface area contributed by atoms with Crippen molar-refractivity contribution in [2.75, 3.05) is 11.5 Å². The van der Waals surface area contributed by atoms with E-state index < -0.39 is 9.84 Å². The molecule has 0 amide bonds. The highest BCUT2D eigenvalue weighted by Crippen LogP contribution is 2.30. The molecule has 9 heteroatoms. The summed E-state index contributed by atoms with van der Waals surface area (Å²) >= 11 is 1.42. The topological polar surface area (TPSA) is 74.1 Å². The molecular formula is C16H18FN3O3S2.